The van der Waals surface area contributed by atoms with Crippen molar-refractivity contribution in [1.29, 1.82) is 0 Å². The number of hydrogen-bond donors (Lipinski definition) is 1. The van der Waals surface area contributed by atoms with Crippen molar-refractivity contribution in [1.82, 2.24) is 4.90 Å². The average molecular weight is 303 g/mol. The van der Waals surface area contributed by atoms with Crippen LogP contribution in [0, 0.1) is 35.5 Å². The van der Waals surface area contributed by atoms with Crippen LogP contribution in [0.4, 0.5) is 0 Å². The topological polar surface area (TPSA) is 74.7 Å². The SMILES string of the molecule is CCCC[C@H](C(=O)O)N1C(=O)[C@@H]2[C@@H]3C=C[C@H]([C@@H]4C[C@@H]34)[C@H]2C1=O. The Morgan fingerprint density at radius 2 is 1.77 bits per heavy atom. The summed E-state index contributed by atoms with van der Waals surface area (Å²) >= 11 is 0. The fraction of sp³-hybridized carbons (Fsp3) is 0.706. The number of likely N-dealkylation sites (tertiary alicyclic amines) is 1. The van der Waals surface area contributed by atoms with E-state index < -0.39 is 12.0 Å². The van der Waals surface area contributed by atoms with Crippen LogP contribution in [0.15, 0.2) is 12.2 Å². The first-order chi connectivity index (χ1) is 10.6. The lowest BCUT2D eigenvalue weighted by molar-refractivity contribution is -0.155. The highest BCUT2D eigenvalue weighted by Gasteiger charge is 2.67. The van der Waals surface area contributed by atoms with Gasteiger partial charge in [0.15, 0.2) is 0 Å². The molecule has 3 fully saturated rings. The van der Waals surface area contributed by atoms with E-state index in [1.165, 1.54) is 0 Å². The number of nitrogens with zero attached hydrogens (tertiary/aromatic N) is 1. The highest BCUT2D eigenvalue weighted by atomic mass is 16.4. The van der Waals surface area contributed by atoms with E-state index in [4.69, 9.17) is 0 Å². The molecule has 1 N–H and O–H groups in total. The van der Waals surface area contributed by atoms with Crippen LogP contribution in [0.5, 0.6) is 0 Å². The molecule has 1 heterocycles. The lowest BCUT2D eigenvalue weighted by Crippen LogP contribution is -2.45. The van der Waals surface area contributed by atoms with Gasteiger partial charge in [0.1, 0.15) is 6.04 Å². The van der Waals surface area contributed by atoms with Gasteiger partial charge in [-0.3, -0.25) is 14.5 Å². The van der Waals surface area contributed by atoms with Gasteiger partial charge in [0, 0.05) is 0 Å². The zero-order chi connectivity index (χ0) is 15.6. The molecule has 1 saturated heterocycles. The van der Waals surface area contributed by atoms with Crippen LogP contribution in [0.1, 0.15) is 32.6 Å². The zero-order valence-corrected chi connectivity index (χ0v) is 12.6. The number of aliphatic carboxylic acids is 1. The highest BCUT2D eigenvalue weighted by molar-refractivity contribution is 6.08. The van der Waals surface area contributed by atoms with Gasteiger partial charge in [-0.25, -0.2) is 4.79 Å². The van der Waals surface area contributed by atoms with Crippen LogP contribution >= 0.6 is 0 Å². The molecule has 0 aromatic rings. The molecule has 0 aromatic heterocycles. The second-order valence-corrected chi connectivity index (χ2v) is 7.20. The normalized spacial score (nSPS) is 42.3. The van der Waals surface area contributed by atoms with Gasteiger partial charge in [-0.2, -0.15) is 0 Å². The lowest BCUT2D eigenvalue weighted by atomic mass is 9.63. The number of hydrogen-bond acceptors (Lipinski definition) is 3. The number of allylic oxidation sites excluding steroid dienone is 2. The van der Waals surface area contributed by atoms with Crippen LogP contribution in [0.3, 0.4) is 0 Å². The molecule has 0 radical (unpaired) electrons. The molecule has 0 spiro atoms. The molecule has 0 unspecified atom stereocenters. The second kappa shape index (κ2) is 4.67. The third kappa shape index (κ3) is 1.68. The van der Waals surface area contributed by atoms with Crippen molar-refractivity contribution in [2.45, 2.75) is 38.6 Å². The Bertz CT molecular complexity index is 547. The first-order valence-corrected chi connectivity index (χ1v) is 8.34. The Balaban J connectivity index is 1.65. The van der Waals surface area contributed by atoms with Crippen molar-refractivity contribution in [3.05, 3.63) is 12.2 Å². The summed E-state index contributed by atoms with van der Waals surface area (Å²) in [6.45, 7) is 1.98. The molecule has 2 saturated carbocycles. The van der Waals surface area contributed by atoms with Gasteiger partial charge in [0.25, 0.3) is 0 Å². The number of carbonyl (C=O) groups excluding carboxylic acids is 2. The molecule has 2 bridgehead atoms. The second-order valence-electron chi connectivity index (χ2n) is 7.20. The largest absolute Gasteiger partial charge is 0.480 e. The number of imide groups is 1. The Kier molecular flexibility index (Phi) is 2.97. The molecule has 5 aliphatic rings. The predicted octanol–water partition coefficient (Wildman–Crippen LogP) is 1.68. The maximum atomic E-state index is 12.8. The van der Waals surface area contributed by atoms with E-state index in [0.29, 0.717) is 24.7 Å². The Hall–Kier alpha value is -1.65. The molecule has 7 atom stereocenters. The van der Waals surface area contributed by atoms with Crippen molar-refractivity contribution >= 4 is 17.8 Å². The van der Waals surface area contributed by atoms with E-state index in [9.17, 15) is 19.5 Å². The van der Waals surface area contributed by atoms with Crippen LogP contribution < -0.4 is 0 Å². The molecule has 5 nitrogen and oxygen atoms in total. The van der Waals surface area contributed by atoms with Crippen LogP contribution in [0.2, 0.25) is 0 Å². The van der Waals surface area contributed by atoms with Crippen LogP contribution in [0.25, 0.3) is 0 Å². The van der Waals surface area contributed by atoms with E-state index in [1.807, 2.05) is 6.92 Å². The summed E-state index contributed by atoms with van der Waals surface area (Å²) in [5.74, 6) is -0.710. The fourth-order valence-corrected chi connectivity index (χ4v) is 5.05. The first-order valence-electron chi connectivity index (χ1n) is 8.34. The van der Waals surface area contributed by atoms with Gasteiger partial charge >= 0.3 is 5.97 Å². The number of carbonyl (C=O) groups is 3. The van der Waals surface area contributed by atoms with Crippen molar-refractivity contribution in [3.63, 3.8) is 0 Å². The van der Waals surface area contributed by atoms with Gasteiger partial charge in [0.05, 0.1) is 11.8 Å². The van der Waals surface area contributed by atoms with Gasteiger partial charge in [-0.1, -0.05) is 31.9 Å². The van der Waals surface area contributed by atoms with Crippen molar-refractivity contribution in [2.75, 3.05) is 0 Å². The summed E-state index contributed by atoms with van der Waals surface area (Å²) in [5.41, 5.74) is 0. The quantitative estimate of drug-likeness (QED) is 0.619. The molecular weight excluding hydrogens is 282 g/mol. The van der Waals surface area contributed by atoms with E-state index >= 15 is 0 Å². The molecule has 4 aliphatic carbocycles. The third-order valence-electron chi connectivity index (χ3n) is 6.12. The molecule has 118 valence electrons. The summed E-state index contributed by atoms with van der Waals surface area (Å²) in [5, 5.41) is 9.48. The fourth-order valence-electron chi connectivity index (χ4n) is 5.05. The number of carboxylic acids is 1. The van der Waals surface area contributed by atoms with Gasteiger partial charge in [-0.15, -0.1) is 0 Å². The molecule has 1 aliphatic heterocycles. The molecule has 22 heavy (non-hydrogen) atoms. The van der Waals surface area contributed by atoms with E-state index in [-0.39, 0.29) is 35.5 Å². The standard InChI is InChI=1S/C17H21NO4/c1-2-3-4-12(17(21)22)18-15(19)13-8-5-6-9(11-7-10(8)11)14(13)16(18)20/h5-6,8-14H,2-4,7H2,1H3,(H,21,22)/t8-,9-,10+,11+,12-,13-,14-/m1/s1. The average Bonchev–Trinajstić information content (AvgIpc) is 3.27. The summed E-state index contributed by atoms with van der Waals surface area (Å²) in [4.78, 5) is 38.3. The minimum absolute atomic E-state index is 0.155. The van der Waals surface area contributed by atoms with Gasteiger partial charge < -0.3 is 5.11 Å². The Morgan fingerprint density at radius 3 is 2.23 bits per heavy atom. The monoisotopic (exact) mass is 303 g/mol. The summed E-state index contributed by atoms with van der Waals surface area (Å²) in [7, 11) is 0. The number of carboxylic acid groups (broad SMARTS) is 1. The summed E-state index contributed by atoms with van der Waals surface area (Å²) in [6, 6.07) is -0.985. The molecule has 2 amide bonds. The van der Waals surface area contributed by atoms with E-state index in [1.54, 1.807) is 0 Å². The Morgan fingerprint density at radius 1 is 1.23 bits per heavy atom. The molecule has 5 heteroatoms. The van der Waals surface area contributed by atoms with Crippen LogP contribution in [-0.2, 0) is 14.4 Å². The summed E-state index contributed by atoms with van der Waals surface area (Å²) < 4.78 is 0. The Labute approximate surface area is 129 Å². The lowest BCUT2D eigenvalue weighted by Gasteiger charge is -2.37. The van der Waals surface area contributed by atoms with Crippen molar-refractivity contribution < 1.29 is 19.5 Å². The highest BCUT2D eigenvalue weighted by Crippen LogP contribution is 2.65. The zero-order valence-electron chi connectivity index (χ0n) is 12.6. The number of unbranched alkanes of at least 4 members (excludes halogenated alkanes) is 1. The number of rotatable bonds is 5. The van der Waals surface area contributed by atoms with Crippen molar-refractivity contribution in [3.8, 4) is 0 Å². The van der Waals surface area contributed by atoms with E-state index in [0.717, 1.165) is 17.7 Å². The number of amides is 2. The maximum Gasteiger partial charge on any atom is 0.326 e. The molecule has 0 aromatic carbocycles. The van der Waals surface area contributed by atoms with E-state index in [2.05, 4.69) is 12.2 Å². The van der Waals surface area contributed by atoms with Gasteiger partial charge in [0.2, 0.25) is 11.8 Å². The minimum atomic E-state index is -1.06. The molecule has 5 rings (SSSR count). The summed E-state index contributed by atoms with van der Waals surface area (Å²) in [6.07, 6.45) is 7.25. The third-order valence-corrected chi connectivity index (χ3v) is 6.12. The minimum Gasteiger partial charge on any atom is -0.480 e. The predicted molar refractivity (Wildman–Crippen MR) is 77.5 cm³/mol. The van der Waals surface area contributed by atoms with Gasteiger partial charge in [-0.05, 0) is 36.5 Å². The molecular formula is C17H21NO4. The van der Waals surface area contributed by atoms with Crippen molar-refractivity contribution in [2.24, 2.45) is 35.5 Å². The maximum absolute atomic E-state index is 12.8. The smallest absolute Gasteiger partial charge is 0.326 e. The van der Waals surface area contributed by atoms with Crippen LogP contribution in [-0.4, -0.2) is 33.8 Å². The first kappa shape index (κ1) is 14.0.